The minimum Gasteiger partial charge on any atom is -0.741 e. The first-order valence-electron chi connectivity index (χ1n) is 7.72. The number of hydrogen-bond acceptors (Lipinski definition) is 3. The highest BCUT2D eigenvalue weighted by Crippen LogP contribution is 2.26. The normalized spacial score (nSPS) is 13.5. The summed E-state index contributed by atoms with van der Waals surface area (Å²) in [6.45, 7) is 2.28. The highest BCUT2D eigenvalue weighted by atomic mass is 32.2. The Hall–Kier alpha value is -1.90. The summed E-state index contributed by atoms with van der Waals surface area (Å²) in [4.78, 5) is 0. The third-order valence-corrected chi connectivity index (χ3v) is 4.51. The van der Waals surface area contributed by atoms with Gasteiger partial charge in [-0.2, -0.15) is 13.2 Å². The zero-order valence-electron chi connectivity index (χ0n) is 15.0. The molecule has 0 saturated heterocycles. The monoisotopic (exact) mass is 389 g/mol. The average Bonchev–Trinajstić information content (AvgIpc) is 2.53. The fourth-order valence-electron chi connectivity index (χ4n) is 2.03. The topological polar surface area (TPSA) is 57.2 Å². The second-order valence-electron chi connectivity index (χ2n) is 6.68. The highest BCUT2D eigenvalue weighted by molar-refractivity contribution is 7.86. The largest absolute Gasteiger partial charge is 0.741 e. The number of alkyl halides is 3. The molecule has 0 bridgehead atoms. The number of rotatable bonds is 3. The van der Waals surface area contributed by atoms with Crippen molar-refractivity contribution in [3.05, 3.63) is 60.2 Å². The van der Waals surface area contributed by atoms with Crippen molar-refractivity contribution in [2.24, 2.45) is 0 Å². The van der Waals surface area contributed by atoms with Gasteiger partial charge in [0.05, 0.1) is 21.1 Å². The zero-order chi connectivity index (χ0) is 20.2. The molecule has 26 heavy (non-hydrogen) atoms. The van der Waals surface area contributed by atoms with Gasteiger partial charge in [-0.15, -0.1) is 0 Å². The van der Waals surface area contributed by atoms with Crippen LogP contribution in [0.25, 0.3) is 11.1 Å². The zero-order valence-corrected chi connectivity index (χ0v) is 15.8. The molecular formula is C18H22F3NO3S. The maximum Gasteiger partial charge on any atom is 0.485 e. The Balaban J connectivity index is 0.000000359. The number of hydrogen-bond donors (Lipinski definition) is 0. The minimum absolute atomic E-state index is 0.509. The first-order chi connectivity index (χ1) is 11.7. The molecule has 0 aromatic heterocycles. The van der Waals surface area contributed by atoms with Crippen molar-refractivity contribution in [3.63, 3.8) is 0 Å². The van der Waals surface area contributed by atoms with Crippen LogP contribution in [0.1, 0.15) is 18.5 Å². The smallest absolute Gasteiger partial charge is 0.485 e. The van der Waals surface area contributed by atoms with Crippen LogP contribution in [-0.4, -0.2) is 44.1 Å². The van der Waals surface area contributed by atoms with Crippen molar-refractivity contribution in [2.45, 2.75) is 18.5 Å². The first-order valence-corrected chi connectivity index (χ1v) is 9.13. The number of nitrogens with zero attached hydrogens (tertiary/aromatic N) is 1. The van der Waals surface area contributed by atoms with Crippen LogP contribution >= 0.6 is 0 Å². The predicted octanol–water partition coefficient (Wildman–Crippen LogP) is 4.17. The Kier molecular flexibility index (Phi) is 6.98. The molecule has 1 atom stereocenters. The maximum absolute atomic E-state index is 10.7. The van der Waals surface area contributed by atoms with E-state index in [-0.39, 0.29) is 0 Å². The summed E-state index contributed by atoms with van der Waals surface area (Å²) >= 11 is 0. The Labute approximate surface area is 152 Å². The van der Waals surface area contributed by atoms with Gasteiger partial charge in [-0.3, -0.25) is 0 Å². The van der Waals surface area contributed by atoms with Gasteiger partial charge in [0.25, 0.3) is 0 Å². The standard InChI is InChI=1S/C17H22N.CHF3O3S/c1-14(18(2,3)4)15-10-12-17(13-11-15)16-8-6-5-7-9-16;2-1(3,4)8(5,6)7/h5-14H,1-4H3;(H,5,6,7)/q+1;/p-1. The molecule has 4 nitrogen and oxygen atoms in total. The van der Waals surface area contributed by atoms with Crippen LogP contribution in [0.5, 0.6) is 0 Å². The highest BCUT2D eigenvalue weighted by Gasteiger charge is 2.36. The van der Waals surface area contributed by atoms with E-state index in [4.69, 9.17) is 13.0 Å². The van der Waals surface area contributed by atoms with E-state index in [0.29, 0.717) is 6.04 Å². The fourth-order valence-corrected chi connectivity index (χ4v) is 2.03. The van der Waals surface area contributed by atoms with E-state index in [1.54, 1.807) is 0 Å². The molecule has 8 heteroatoms. The van der Waals surface area contributed by atoms with Crippen LogP contribution in [0, 0.1) is 0 Å². The minimum atomic E-state index is -6.09. The quantitative estimate of drug-likeness (QED) is 0.450. The predicted molar refractivity (Wildman–Crippen MR) is 94.1 cm³/mol. The van der Waals surface area contributed by atoms with Gasteiger partial charge >= 0.3 is 5.51 Å². The van der Waals surface area contributed by atoms with Gasteiger partial charge in [-0.05, 0) is 18.1 Å². The molecule has 0 aliphatic rings. The van der Waals surface area contributed by atoms with Gasteiger partial charge in [-0.1, -0.05) is 54.6 Å². The summed E-state index contributed by atoms with van der Waals surface area (Å²) in [5.74, 6) is 0. The van der Waals surface area contributed by atoms with Crippen molar-refractivity contribution in [3.8, 4) is 11.1 Å². The Morgan fingerprint density at radius 3 is 1.62 bits per heavy atom. The second-order valence-corrected chi connectivity index (χ2v) is 8.05. The third-order valence-electron chi connectivity index (χ3n) is 3.95. The SMILES string of the molecule is CC(c1ccc(-c2ccccc2)cc1)[N+](C)(C)C.O=S(=O)([O-])C(F)(F)F. The molecule has 2 rings (SSSR count). The van der Waals surface area contributed by atoms with Crippen LogP contribution in [0.2, 0.25) is 0 Å². The molecule has 0 fully saturated rings. The van der Waals surface area contributed by atoms with Crippen LogP contribution in [-0.2, 0) is 10.1 Å². The first kappa shape index (κ1) is 22.1. The lowest BCUT2D eigenvalue weighted by atomic mass is 10.0. The van der Waals surface area contributed by atoms with E-state index in [2.05, 4.69) is 82.7 Å². The van der Waals surface area contributed by atoms with E-state index in [0.717, 1.165) is 4.48 Å². The lowest BCUT2D eigenvalue weighted by Gasteiger charge is -2.31. The third kappa shape index (κ3) is 6.44. The summed E-state index contributed by atoms with van der Waals surface area (Å²) in [5.41, 5.74) is -1.69. The number of halogens is 3. The molecule has 2 aromatic carbocycles. The molecule has 0 radical (unpaired) electrons. The fraction of sp³-hybridized carbons (Fsp3) is 0.333. The molecule has 1 unspecified atom stereocenters. The van der Waals surface area contributed by atoms with E-state index in [9.17, 15) is 13.2 Å². The molecule has 0 N–H and O–H groups in total. The van der Waals surface area contributed by atoms with Crippen molar-refractivity contribution in [1.29, 1.82) is 0 Å². The summed E-state index contributed by atoms with van der Waals surface area (Å²) in [6.07, 6.45) is 0. The Morgan fingerprint density at radius 2 is 1.27 bits per heavy atom. The van der Waals surface area contributed by atoms with Gasteiger partial charge < -0.3 is 9.04 Å². The molecule has 144 valence electrons. The number of benzene rings is 2. The van der Waals surface area contributed by atoms with Gasteiger partial charge in [0.15, 0.2) is 10.1 Å². The molecule has 0 amide bonds. The van der Waals surface area contributed by atoms with Crippen LogP contribution < -0.4 is 0 Å². The molecule has 0 aliphatic heterocycles. The van der Waals surface area contributed by atoms with Gasteiger partial charge in [-0.25, -0.2) is 8.42 Å². The van der Waals surface area contributed by atoms with E-state index >= 15 is 0 Å². The molecule has 0 heterocycles. The van der Waals surface area contributed by atoms with E-state index in [1.165, 1.54) is 16.7 Å². The summed E-state index contributed by atoms with van der Waals surface area (Å²) in [7, 11) is 0.605. The number of quaternary nitrogens is 1. The van der Waals surface area contributed by atoms with Crippen molar-refractivity contribution < 1.29 is 30.6 Å². The van der Waals surface area contributed by atoms with Crippen LogP contribution in [0.4, 0.5) is 13.2 Å². The van der Waals surface area contributed by atoms with Crippen LogP contribution in [0.15, 0.2) is 54.6 Å². The Bertz CT molecular complexity index is 796. The van der Waals surface area contributed by atoms with Crippen molar-refractivity contribution in [2.75, 3.05) is 21.1 Å². The summed E-state index contributed by atoms with van der Waals surface area (Å²) in [6, 6.07) is 20.0. The van der Waals surface area contributed by atoms with Gasteiger partial charge in [0.2, 0.25) is 0 Å². The van der Waals surface area contributed by atoms with E-state index in [1.807, 2.05) is 0 Å². The van der Waals surface area contributed by atoms with Gasteiger partial charge in [0.1, 0.15) is 6.04 Å². The summed E-state index contributed by atoms with van der Waals surface area (Å²) < 4.78 is 59.9. The molecule has 0 saturated carbocycles. The summed E-state index contributed by atoms with van der Waals surface area (Å²) in [5, 5.41) is 0. The average molecular weight is 389 g/mol. The van der Waals surface area contributed by atoms with Crippen LogP contribution in [0.3, 0.4) is 0 Å². The molecule has 0 spiro atoms. The van der Waals surface area contributed by atoms with Gasteiger partial charge in [0, 0.05) is 5.56 Å². The lowest BCUT2D eigenvalue weighted by Crippen LogP contribution is -2.37. The molecular weight excluding hydrogens is 367 g/mol. The molecule has 2 aromatic rings. The van der Waals surface area contributed by atoms with Crippen molar-refractivity contribution >= 4 is 10.1 Å². The van der Waals surface area contributed by atoms with E-state index < -0.39 is 15.6 Å². The molecule has 0 aliphatic carbocycles. The lowest BCUT2D eigenvalue weighted by molar-refractivity contribution is -0.900. The second kappa shape index (κ2) is 8.20. The Morgan fingerprint density at radius 1 is 0.885 bits per heavy atom. The van der Waals surface area contributed by atoms with Crippen molar-refractivity contribution in [1.82, 2.24) is 0 Å². The maximum atomic E-state index is 10.7.